The summed E-state index contributed by atoms with van der Waals surface area (Å²) >= 11 is 0. The van der Waals surface area contributed by atoms with Crippen LogP contribution in [0.15, 0.2) is 42.3 Å². The molecule has 2 bridgehead atoms. The first kappa shape index (κ1) is 16.1. The fraction of sp³-hybridized carbons (Fsp3) is 0.444. The van der Waals surface area contributed by atoms with Crippen molar-refractivity contribution in [2.75, 3.05) is 18.4 Å². The van der Waals surface area contributed by atoms with Crippen LogP contribution in [0.1, 0.15) is 19.3 Å². The van der Waals surface area contributed by atoms with Gasteiger partial charge in [0.25, 0.3) is 0 Å². The third kappa shape index (κ3) is 2.98. The van der Waals surface area contributed by atoms with Crippen molar-refractivity contribution in [3.63, 3.8) is 0 Å². The van der Waals surface area contributed by atoms with Crippen LogP contribution >= 0.6 is 0 Å². The lowest BCUT2D eigenvalue weighted by Crippen LogP contribution is -2.56. The van der Waals surface area contributed by atoms with Crippen LogP contribution in [0, 0.1) is 0 Å². The highest BCUT2D eigenvalue weighted by Gasteiger charge is 2.42. The Labute approximate surface area is 156 Å². The van der Waals surface area contributed by atoms with Gasteiger partial charge in [0.05, 0.1) is 17.9 Å². The molecule has 0 spiro atoms. The minimum Gasteiger partial charge on any atom is -0.366 e. The van der Waals surface area contributed by atoms with Gasteiger partial charge in [-0.3, -0.25) is 20.0 Å². The SMILES string of the molecule is O=C(NC1CC1)C1C=CC2=C(N1)N(C(=O)Nc1cnccn1)[C@H]1CCN2C1. The van der Waals surface area contributed by atoms with E-state index in [4.69, 9.17) is 0 Å². The normalized spacial score (nSPS) is 25.8. The van der Waals surface area contributed by atoms with E-state index in [2.05, 4.69) is 30.8 Å². The molecule has 0 radical (unpaired) electrons. The van der Waals surface area contributed by atoms with Gasteiger partial charge in [-0.25, -0.2) is 9.78 Å². The molecular weight excluding hydrogens is 346 g/mol. The van der Waals surface area contributed by atoms with Gasteiger partial charge in [0.15, 0.2) is 5.82 Å². The molecule has 1 saturated heterocycles. The molecule has 3 N–H and O–H groups in total. The van der Waals surface area contributed by atoms with E-state index in [-0.39, 0.29) is 18.0 Å². The van der Waals surface area contributed by atoms with Gasteiger partial charge in [-0.15, -0.1) is 0 Å². The van der Waals surface area contributed by atoms with Crippen molar-refractivity contribution in [2.45, 2.75) is 37.4 Å². The number of amides is 3. The van der Waals surface area contributed by atoms with Crippen LogP contribution in [-0.4, -0.2) is 62.9 Å². The van der Waals surface area contributed by atoms with Gasteiger partial charge >= 0.3 is 6.03 Å². The summed E-state index contributed by atoms with van der Waals surface area (Å²) in [5.74, 6) is 1.03. The fourth-order valence-corrected chi connectivity index (χ4v) is 3.81. The topological polar surface area (TPSA) is 102 Å². The molecule has 1 saturated carbocycles. The third-order valence-electron chi connectivity index (χ3n) is 5.31. The Kier molecular flexibility index (Phi) is 3.73. The molecule has 1 aromatic heterocycles. The maximum absolute atomic E-state index is 13.0. The first-order valence-corrected chi connectivity index (χ1v) is 9.29. The maximum Gasteiger partial charge on any atom is 0.329 e. The molecule has 4 aliphatic rings. The zero-order chi connectivity index (χ0) is 18.4. The second kappa shape index (κ2) is 6.26. The Morgan fingerprint density at radius 2 is 2.11 bits per heavy atom. The highest BCUT2D eigenvalue weighted by molar-refractivity contribution is 5.91. The number of hydrogen-bond acceptors (Lipinski definition) is 6. The summed E-state index contributed by atoms with van der Waals surface area (Å²) in [6, 6.07) is -0.384. The van der Waals surface area contributed by atoms with E-state index >= 15 is 0 Å². The van der Waals surface area contributed by atoms with Gasteiger partial charge in [-0.2, -0.15) is 0 Å². The Bertz CT molecular complexity index is 833. The van der Waals surface area contributed by atoms with E-state index in [0.717, 1.165) is 38.0 Å². The Balaban J connectivity index is 1.39. The Morgan fingerprint density at radius 3 is 2.89 bits per heavy atom. The Hall–Kier alpha value is -3.10. The van der Waals surface area contributed by atoms with Gasteiger partial charge in [0, 0.05) is 31.5 Å². The highest BCUT2D eigenvalue weighted by Crippen LogP contribution is 2.33. The predicted octanol–water partition coefficient (Wildman–Crippen LogP) is 0.374. The number of aromatic nitrogens is 2. The molecule has 9 heteroatoms. The minimum absolute atomic E-state index is 0.0532. The molecule has 27 heavy (non-hydrogen) atoms. The van der Waals surface area contributed by atoms with Gasteiger partial charge < -0.3 is 15.5 Å². The number of dihydropyridines is 1. The fourth-order valence-electron chi connectivity index (χ4n) is 3.81. The van der Waals surface area contributed by atoms with Crippen molar-refractivity contribution in [3.05, 3.63) is 42.3 Å². The first-order chi connectivity index (χ1) is 13.2. The second-order valence-electron chi connectivity index (χ2n) is 7.28. The second-order valence-corrected chi connectivity index (χ2v) is 7.28. The average molecular weight is 367 g/mol. The highest BCUT2D eigenvalue weighted by atomic mass is 16.2. The lowest BCUT2D eigenvalue weighted by molar-refractivity contribution is -0.122. The number of fused-ring (bicyclic) bond motifs is 3. The lowest BCUT2D eigenvalue weighted by atomic mass is 10.1. The molecule has 1 aliphatic carbocycles. The van der Waals surface area contributed by atoms with Crippen molar-refractivity contribution in [1.29, 1.82) is 0 Å². The van der Waals surface area contributed by atoms with Crippen molar-refractivity contribution in [2.24, 2.45) is 0 Å². The number of allylic oxidation sites excluding steroid dienone is 1. The number of hydrogen-bond donors (Lipinski definition) is 3. The summed E-state index contributed by atoms with van der Waals surface area (Å²) in [5, 5.41) is 9.10. The maximum atomic E-state index is 13.0. The number of urea groups is 1. The van der Waals surface area contributed by atoms with Crippen LogP contribution in [0.25, 0.3) is 0 Å². The van der Waals surface area contributed by atoms with Crippen LogP contribution in [0.2, 0.25) is 0 Å². The lowest BCUT2D eigenvalue weighted by Gasteiger charge is -2.40. The van der Waals surface area contributed by atoms with Gasteiger partial charge in [0.2, 0.25) is 5.91 Å². The molecule has 3 amide bonds. The molecule has 140 valence electrons. The molecule has 1 unspecified atom stereocenters. The van der Waals surface area contributed by atoms with Crippen LogP contribution in [0.4, 0.5) is 10.6 Å². The molecular formula is C18H21N7O2. The van der Waals surface area contributed by atoms with Gasteiger partial charge in [-0.1, -0.05) is 6.08 Å². The summed E-state index contributed by atoms with van der Waals surface area (Å²) in [5.41, 5.74) is 0.952. The summed E-state index contributed by atoms with van der Waals surface area (Å²) in [6.07, 6.45) is 11.4. The van der Waals surface area contributed by atoms with Crippen molar-refractivity contribution >= 4 is 17.8 Å². The molecule has 0 aromatic carbocycles. The van der Waals surface area contributed by atoms with Crippen molar-refractivity contribution in [3.8, 4) is 0 Å². The van der Waals surface area contributed by atoms with Crippen molar-refractivity contribution in [1.82, 2.24) is 30.4 Å². The first-order valence-electron chi connectivity index (χ1n) is 9.29. The Morgan fingerprint density at radius 1 is 1.22 bits per heavy atom. The van der Waals surface area contributed by atoms with Crippen LogP contribution in [0.3, 0.4) is 0 Å². The number of rotatable bonds is 3. The summed E-state index contributed by atoms with van der Waals surface area (Å²) < 4.78 is 0. The molecule has 4 heterocycles. The smallest absolute Gasteiger partial charge is 0.329 e. The monoisotopic (exact) mass is 367 g/mol. The average Bonchev–Trinajstić information content (AvgIpc) is 3.40. The zero-order valence-electron chi connectivity index (χ0n) is 14.8. The minimum atomic E-state index is -0.477. The standard InChI is InChI=1S/C18H21N7O2/c26-17(21-11-1-2-11)13-3-4-14-16(22-13)25(12-5-8-24(14)10-12)18(27)23-15-9-19-6-7-20-15/h3-4,6-7,9,11-13,22H,1-2,5,8,10H2,(H,21,26)(H,20,23,27)/t12-,13?/m0/s1. The number of carbonyl (C=O) groups excluding carboxylic acids is 2. The number of nitrogens with zero attached hydrogens (tertiary/aromatic N) is 4. The van der Waals surface area contributed by atoms with Crippen LogP contribution < -0.4 is 16.0 Å². The van der Waals surface area contributed by atoms with E-state index < -0.39 is 6.04 Å². The van der Waals surface area contributed by atoms with Crippen molar-refractivity contribution < 1.29 is 9.59 Å². The van der Waals surface area contributed by atoms with E-state index in [1.807, 2.05) is 12.2 Å². The molecule has 2 fully saturated rings. The predicted molar refractivity (Wildman–Crippen MR) is 97.1 cm³/mol. The van der Waals surface area contributed by atoms with E-state index in [1.54, 1.807) is 11.1 Å². The van der Waals surface area contributed by atoms with E-state index in [0.29, 0.717) is 17.7 Å². The third-order valence-corrected chi connectivity index (χ3v) is 5.31. The van der Waals surface area contributed by atoms with Gasteiger partial charge in [-0.05, 0) is 25.3 Å². The zero-order valence-corrected chi connectivity index (χ0v) is 14.8. The number of anilines is 1. The summed E-state index contributed by atoms with van der Waals surface area (Å²) in [4.78, 5) is 37.6. The summed E-state index contributed by atoms with van der Waals surface area (Å²) in [7, 11) is 0. The number of nitrogens with one attached hydrogen (secondary N) is 3. The van der Waals surface area contributed by atoms with Crippen LogP contribution in [-0.2, 0) is 4.79 Å². The van der Waals surface area contributed by atoms with E-state index in [1.165, 1.54) is 12.4 Å². The molecule has 9 nitrogen and oxygen atoms in total. The van der Waals surface area contributed by atoms with Crippen LogP contribution in [0.5, 0.6) is 0 Å². The molecule has 3 aliphatic heterocycles. The molecule has 5 rings (SSSR count). The van der Waals surface area contributed by atoms with E-state index in [9.17, 15) is 9.59 Å². The quantitative estimate of drug-likeness (QED) is 0.714. The largest absolute Gasteiger partial charge is 0.366 e. The number of carbonyl (C=O) groups is 2. The molecule has 2 atom stereocenters. The molecule has 1 aromatic rings. The van der Waals surface area contributed by atoms with Gasteiger partial charge in [0.1, 0.15) is 11.9 Å². The summed E-state index contributed by atoms with van der Waals surface area (Å²) in [6.45, 7) is 1.68.